The average molecular weight is 711 g/mol. The van der Waals surface area contributed by atoms with Gasteiger partial charge in [-0.25, -0.2) is 4.98 Å². The van der Waals surface area contributed by atoms with Gasteiger partial charge >= 0.3 is 0 Å². The molecule has 0 atom stereocenters. The minimum Gasteiger partial charge on any atom is -0.309 e. The van der Waals surface area contributed by atoms with Gasteiger partial charge in [0, 0.05) is 27.6 Å². The minimum atomic E-state index is -0.399. The van der Waals surface area contributed by atoms with E-state index >= 15 is 0 Å². The summed E-state index contributed by atoms with van der Waals surface area (Å²) in [5.74, 6) is 0. The van der Waals surface area contributed by atoms with E-state index < -0.39 is 5.41 Å². The van der Waals surface area contributed by atoms with Crippen LogP contribution >= 0.6 is 0 Å². The molecule has 2 aliphatic rings. The topological polar surface area (TPSA) is 17.8 Å². The third-order valence-electron chi connectivity index (χ3n) is 12.2. The second-order valence-corrected chi connectivity index (χ2v) is 15.0. The Morgan fingerprint density at radius 3 is 1.50 bits per heavy atom. The number of nitrogens with zero attached hydrogens (tertiary/aromatic N) is 2. The van der Waals surface area contributed by atoms with Crippen LogP contribution in [0.15, 0.2) is 206 Å². The van der Waals surface area contributed by atoms with Crippen molar-refractivity contribution in [1.29, 1.82) is 0 Å². The summed E-state index contributed by atoms with van der Waals surface area (Å²) in [5, 5.41) is 2.51. The molecule has 0 radical (unpaired) electrons. The molecule has 8 aromatic carbocycles. The predicted octanol–water partition coefficient (Wildman–Crippen LogP) is 13.5. The Kier molecular flexibility index (Phi) is 6.58. The zero-order valence-electron chi connectivity index (χ0n) is 30.5. The first kappa shape index (κ1) is 31.1. The van der Waals surface area contributed by atoms with Crippen LogP contribution in [0, 0.1) is 0 Å². The molecule has 2 aliphatic carbocycles. The molecule has 260 valence electrons. The first-order chi connectivity index (χ1) is 27.8. The largest absolute Gasteiger partial charge is 0.309 e. The van der Waals surface area contributed by atoms with Gasteiger partial charge in [0.15, 0.2) is 0 Å². The lowest BCUT2D eigenvalue weighted by atomic mass is 9.70. The Morgan fingerprint density at radius 2 is 0.821 bits per heavy atom. The number of benzene rings is 8. The summed E-state index contributed by atoms with van der Waals surface area (Å²) >= 11 is 0. The van der Waals surface area contributed by atoms with Gasteiger partial charge in [-0.2, -0.15) is 0 Å². The number of para-hydroxylation sites is 2. The third kappa shape index (κ3) is 4.24. The monoisotopic (exact) mass is 710 g/mol. The molecule has 0 saturated heterocycles. The lowest BCUT2D eigenvalue weighted by Crippen LogP contribution is -2.25. The van der Waals surface area contributed by atoms with E-state index in [9.17, 15) is 0 Å². The maximum atomic E-state index is 5.41. The van der Waals surface area contributed by atoms with Crippen molar-refractivity contribution < 1.29 is 0 Å². The molecule has 0 amide bonds. The van der Waals surface area contributed by atoms with E-state index in [1.807, 2.05) is 0 Å². The molecule has 1 spiro atoms. The van der Waals surface area contributed by atoms with Crippen molar-refractivity contribution in [2.24, 2.45) is 0 Å². The molecule has 0 aliphatic heterocycles. The van der Waals surface area contributed by atoms with Crippen LogP contribution in [0.5, 0.6) is 0 Å². The highest BCUT2D eigenvalue weighted by molar-refractivity contribution is 6.09. The SMILES string of the molecule is c1ccc(-c2cc(-c3cccc4c3-c3ccccc3C43c4ccccc4-c4ccccc43)cc(-c3cccc(-n4c5ccccc5c5ccccc54)c3)n2)cc1. The van der Waals surface area contributed by atoms with Crippen molar-refractivity contribution in [3.8, 4) is 61.6 Å². The van der Waals surface area contributed by atoms with Crippen molar-refractivity contribution in [2.45, 2.75) is 5.41 Å². The van der Waals surface area contributed by atoms with Gasteiger partial charge in [0.05, 0.1) is 27.8 Å². The Balaban J connectivity index is 1.10. The smallest absolute Gasteiger partial charge is 0.0725 e. The number of hydrogen-bond donors (Lipinski definition) is 0. The standard InChI is InChI=1S/C54H34N2/c1-2-16-35(17-3-1)49-33-37(34-50(55-49)36-18-14-19-38(32-36)56-51-30-12-7-22-42(51)43-23-8-13-31-52(43)56)39-25-15-29-48-53(39)44-24-6-11-28-47(44)54(48)45-26-9-4-20-40(45)41-21-5-10-27-46(41)54/h1-34H. The number of hydrogen-bond acceptors (Lipinski definition) is 1. The quantitative estimate of drug-likeness (QED) is 0.178. The molecular formula is C54H34N2. The van der Waals surface area contributed by atoms with E-state index in [2.05, 4.69) is 211 Å². The summed E-state index contributed by atoms with van der Waals surface area (Å²) in [5.41, 5.74) is 20.1. The van der Waals surface area contributed by atoms with E-state index in [-0.39, 0.29) is 0 Å². The summed E-state index contributed by atoms with van der Waals surface area (Å²) in [6.45, 7) is 0. The van der Waals surface area contributed by atoms with Crippen molar-refractivity contribution >= 4 is 21.8 Å². The fourth-order valence-electron chi connectivity index (χ4n) is 9.98. The van der Waals surface area contributed by atoms with Crippen LogP contribution in [-0.2, 0) is 5.41 Å². The maximum absolute atomic E-state index is 5.41. The second-order valence-electron chi connectivity index (χ2n) is 15.0. The summed E-state index contributed by atoms with van der Waals surface area (Å²) in [6.07, 6.45) is 0. The van der Waals surface area contributed by atoms with Crippen LogP contribution < -0.4 is 0 Å². The number of aromatic nitrogens is 2. The van der Waals surface area contributed by atoms with Crippen LogP contribution in [-0.4, -0.2) is 9.55 Å². The van der Waals surface area contributed by atoms with Crippen LogP contribution in [0.4, 0.5) is 0 Å². The zero-order chi connectivity index (χ0) is 36.8. The lowest BCUT2D eigenvalue weighted by molar-refractivity contribution is 0.794. The zero-order valence-corrected chi connectivity index (χ0v) is 30.5. The van der Waals surface area contributed by atoms with Crippen LogP contribution in [0.25, 0.3) is 83.4 Å². The summed E-state index contributed by atoms with van der Waals surface area (Å²) in [4.78, 5) is 5.41. The normalized spacial score (nSPS) is 13.1. The van der Waals surface area contributed by atoms with Gasteiger partial charge in [0.1, 0.15) is 0 Å². The fourth-order valence-corrected chi connectivity index (χ4v) is 9.98. The Labute approximate surface area is 325 Å². The highest BCUT2D eigenvalue weighted by atomic mass is 15.0. The third-order valence-corrected chi connectivity index (χ3v) is 12.2. The van der Waals surface area contributed by atoms with Gasteiger partial charge in [-0.3, -0.25) is 0 Å². The molecule has 0 unspecified atom stereocenters. The van der Waals surface area contributed by atoms with Crippen molar-refractivity contribution in [1.82, 2.24) is 9.55 Å². The molecule has 12 rings (SSSR count). The fraction of sp³-hybridized carbons (Fsp3) is 0.0185. The molecule has 0 saturated carbocycles. The first-order valence-corrected chi connectivity index (χ1v) is 19.4. The highest BCUT2D eigenvalue weighted by Gasteiger charge is 2.51. The van der Waals surface area contributed by atoms with Gasteiger partial charge in [0.25, 0.3) is 0 Å². The molecule has 2 nitrogen and oxygen atoms in total. The Hall–Kier alpha value is -7.29. The van der Waals surface area contributed by atoms with Gasteiger partial charge < -0.3 is 4.57 Å². The summed E-state index contributed by atoms with van der Waals surface area (Å²) in [7, 11) is 0. The van der Waals surface area contributed by atoms with Gasteiger partial charge in [-0.1, -0.05) is 170 Å². The van der Waals surface area contributed by atoms with Crippen molar-refractivity contribution in [3.63, 3.8) is 0 Å². The molecule has 2 heteroatoms. The van der Waals surface area contributed by atoms with E-state index in [1.54, 1.807) is 0 Å². The van der Waals surface area contributed by atoms with Gasteiger partial charge in [-0.15, -0.1) is 0 Å². The van der Waals surface area contributed by atoms with E-state index in [0.717, 1.165) is 33.8 Å². The second kappa shape index (κ2) is 11.9. The van der Waals surface area contributed by atoms with E-state index in [4.69, 9.17) is 4.98 Å². The van der Waals surface area contributed by atoms with Crippen LogP contribution in [0.2, 0.25) is 0 Å². The molecule has 0 N–H and O–H groups in total. The Morgan fingerprint density at radius 1 is 0.339 bits per heavy atom. The summed E-state index contributed by atoms with van der Waals surface area (Å²) in [6, 6.07) is 75.5. The molecule has 56 heavy (non-hydrogen) atoms. The van der Waals surface area contributed by atoms with E-state index in [1.165, 1.54) is 71.9 Å². The molecule has 2 heterocycles. The Bertz CT molecular complexity index is 3100. The summed E-state index contributed by atoms with van der Waals surface area (Å²) < 4.78 is 2.38. The molecule has 2 aromatic heterocycles. The van der Waals surface area contributed by atoms with Crippen molar-refractivity contribution in [2.75, 3.05) is 0 Å². The van der Waals surface area contributed by atoms with E-state index in [0.29, 0.717) is 0 Å². The lowest BCUT2D eigenvalue weighted by Gasteiger charge is -2.30. The van der Waals surface area contributed by atoms with Crippen LogP contribution in [0.3, 0.4) is 0 Å². The minimum absolute atomic E-state index is 0.399. The maximum Gasteiger partial charge on any atom is 0.0725 e. The molecular weight excluding hydrogens is 677 g/mol. The molecule has 0 fully saturated rings. The van der Waals surface area contributed by atoms with Crippen LogP contribution in [0.1, 0.15) is 22.3 Å². The van der Waals surface area contributed by atoms with Gasteiger partial charge in [-0.05, 0) is 92.0 Å². The predicted molar refractivity (Wildman–Crippen MR) is 231 cm³/mol. The number of rotatable bonds is 4. The molecule has 10 aromatic rings. The number of fused-ring (bicyclic) bond motifs is 13. The van der Waals surface area contributed by atoms with Crippen molar-refractivity contribution in [3.05, 3.63) is 229 Å². The number of pyridine rings is 1. The highest BCUT2D eigenvalue weighted by Crippen LogP contribution is 2.64. The van der Waals surface area contributed by atoms with Gasteiger partial charge in [0.2, 0.25) is 0 Å². The first-order valence-electron chi connectivity index (χ1n) is 19.4. The molecule has 0 bridgehead atoms. The average Bonchev–Trinajstić information content (AvgIpc) is 3.89.